The smallest absolute Gasteiger partial charge is 0.0959 e. The van der Waals surface area contributed by atoms with Crippen LogP contribution in [0.15, 0.2) is 0 Å². The molecule has 0 saturated carbocycles. The molecule has 0 aromatic heterocycles. The average molecular weight is 222 g/mol. The van der Waals surface area contributed by atoms with Crippen molar-refractivity contribution in [1.82, 2.24) is 9.96 Å². The lowest BCUT2D eigenvalue weighted by Gasteiger charge is -2.18. The van der Waals surface area contributed by atoms with Crippen molar-refractivity contribution in [3.8, 4) is 11.8 Å². The van der Waals surface area contributed by atoms with E-state index in [1.54, 1.807) is 0 Å². The van der Waals surface area contributed by atoms with Crippen LogP contribution in [0.3, 0.4) is 0 Å². The van der Waals surface area contributed by atoms with E-state index in [9.17, 15) is 0 Å². The predicted molar refractivity (Wildman–Crippen MR) is 64.8 cm³/mol. The summed E-state index contributed by atoms with van der Waals surface area (Å²) in [5.74, 6) is 6.66. The van der Waals surface area contributed by atoms with Crippen LogP contribution in [0.4, 0.5) is 0 Å². The Hall–Kier alpha value is -0.560. The first-order valence-electron chi connectivity index (χ1n) is 6.50. The normalized spacial score (nSPS) is 26.9. The molecule has 2 aliphatic rings. The summed E-state index contributed by atoms with van der Waals surface area (Å²) in [5, 5.41) is 2.05. The number of hydroxylamine groups is 2. The number of rotatable bonds is 3. The molecule has 2 fully saturated rings. The lowest BCUT2D eigenvalue weighted by Crippen LogP contribution is -2.28. The monoisotopic (exact) mass is 222 g/mol. The molecule has 0 amide bonds. The second-order valence-electron chi connectivity index (χ2n) is 4.52. The summed E-state index contributed by atoms with van der Waals surface area (Å²) < 4.78 is 0. The highest BCUT2D eigenvalue weighted by atomic mass is 16.7. The van der Waals surface area contributed by atoms with Gasteiger partial charge in [-0.05, 0) is 45.7 Å². The maximum atomic E-state index is 5.56. The molecule has 16 heavy (non-hydrogen) atoms. The van der Waals surface area contributed by atoms with Crippen LogP contribution < -0.4 is 0 Å². The molecule has 0 unspecified atom stereocenters. The van der Waals surface area contributed by atoms with Gasteiger partial charge in [-0.15, -0.1) is 0 Å². The summed E-state index contributed by atoms with van der Waals surface area (Å²) in [4.78, 5) is 7.99. The zero-order chi connectivity index (χ0) is 11.2. The molecule has 3 heteroatoms. The van der Waals surface area contributed by atoms with E-state index in [0.29, 0.717) is 6.04 Å². The van der Waals surface area contributed by atoms with Crippen LogP contribution >= 0.6 is 0 Å². The fourth-order valence-corrected chi connectivity index (χ4v) is 2.42. The van der Waals surface area contributed by atoms with Crippen LogP contribution in [0.25, 0.3) is 0 Å². The molecule has 2 aliphatic heterocycles. The molecule has 2 heterocycles. The first kappa shape index (κ1) is 11.9. The Morgan fingerprint density at radius 2 is 2.00 bits per heavy atom. The van der Waals surface area contributed by atoms with Crippen molar-refractivity contribution in [2.45, 2.75) is 38.6 Å². The highest BCUT2D eigenvalue weighted by molar-refractivity contribution is 5.10. The average Bonchev–Trinajstić information content (AvgIpc) is 2.91. The van der Waals surface area contributed by atoms with Gasteiger partial charge < -0.3 is 0 Å². The van der Waals surface area contributed by atoms with E-state index < -0.39 is 0 Å². The van der Waals surface area contributed by atoms with Gasteiger partial charge in [0, 0.05) is 6.54 Å². The summed E-state index contributed by atoms with van der Waals surface area (Å²) >= 11 is 0. The molecule has 2 rings (SSSR count). The van der Waals surface area contributed by atoms with Gasteiger partial charge in [0.2, 0.25) is 0 Å². The molecule has 0 N–H and O–H groups in total. The zero-order valence-corrected chi connectivity index (χ0v) is 10.2. The molecule has 0 aliphatic carbocycles. The number of hydrogen-bond donors (Lipinski definition) is 0. The van der Waals surface area contributed by atoms with Gasteiger partial charge in [0.1, 0.15) is 0 Å². The lowest BCUT2D eigenvalue weighted by atomic mass is 10.2. The van der Waals surface area contributed by atoms with Crippen molar-refractivity contribution >= 4 is 0 Å². The van der Waals surface area contributed by atoms with Gasteiger partial charge in [-0.1, -0.05) is 11.8 Å². The Kier molecular flexibility index (Phi) is 4.65. The van der Waals surface area contributed by atoms with Gasteiger partial charge >= 0.3 is 0 Å². The van der Waals surface area contributed by atoms with E-state index in [1.807, 2.05) is 6.92 Å². The standard InChI is InChI=1S/C13H22N2O/c1-2-16-15-12-6-8-13(15)7-5-11-14-9-3-4-10-14/h13H,2-4,6,8-12H2,1H3/t13-/m0/s1. The highest BCUT2D eigenvalue weighted by Gasteiger charge is 2.22. The third-order valence-corrected chi connectivity index (χ3v) is 3.27. The Bertz CT molecular complexity index is 263. The summed E-state index contributed by atoms with van der Waals surface area (Å²) in [6.07, 6.45) is 5.06. The van der Waals surface area contributed by atoms with E-state index in [1.165, 1.54) is 32.4 Å². The Labute approximate surface area is 98.7 Å². The third kappa shape index (κ3) is 3.21. The van der Waals surface area contributed by atoms with Crippen LogP contribution in [0.5, 0.6) is 0 Å². The van der Waals surface area contributed by atoms with Gasteiger partial charge in [0.15, 0.2) is 0 Å². The third-order valence-electron chi connectivity index (χ3n) is 3.27. The summed E-state index contributed by atoms with van der Waals surface area (Å²) in [5.41, 5.74) is 0. The van der Waals surface area contributed by atoms with E-state index in [0.717, 1.165) is 26.1 Å². The van der Waals surface area contributed by atoms with Crippen molar-refractivity contribution in [3.63, 3.8) is 0 Å². The second-order valence-corrected chi connectivity index (χ2v) is 4.52. The SMILES string of the molecule is CCON1CCC[C@@H]1C#CCN1CCCC1. The minimum atomic E-state index is 0.336. The van der Waals surface area contributed by atoms with Gasteiger partial charge in [-0.3, -0.25) is 9.74 Å². The maximum absolute atomic E-state index is 5.56. The molecular weight excluding hydrogens is 200 g/mol. The van der Waals surface area contributed by atoms with Crippen LogP contribution in [0, 0.1) is 11.8 Å². The maximum Gasteiger partial charge on any atom is 0.0959 e. The molecule has 0 spiro atoms. The van der Waals surface area contributed by atoms with E-state index in [4.69, 9.17) is 4.84 Å². The first-order chi connectivity index (χ1) is 7.90. The number of hydrogen-bond acceptors (Lipinski definition) is 3. The molecule has 0 bridgehead atoms. The van der Waals surface area contributed by atoms with E-state index in [-0.39, 0.29) is 0 Å². The van der Waals surface area contributed by atoms with Crippen molar-refractivity contribution in [2.75, 3.05) is 32.8 Å². The second kappa shape index (κ2) is 6.24. The highest BCUT2D eigenvalue weighted by Crippen LogP contribution is 2.16. The van der Waals surface area contributed by atoms with Gasteiger partial charge in [-0.2, -0.15) is 5.06 Å². The van der Waals surface area contributed by atoms with Crippen LogP contribution in [0.2, 0.25) is 0 Å². The fraction of sp³-hybridized carbons (Fsp3) is 0.846. The number of nitrogens with zero attached hydrogens (tertiary/aromatic N) is 2. The Balaban J connectivity index is 1.76. The number of likely N-dealkylation sites (tertiary alicyclic amines) is 1. The van der Waals surface area contributed by atoms with Crippen molar-refractivity contribution < 1.29 is 4.84 Å². The van der Waals surface area contributed by atoms with Crippen molar-refractivity contribution in [3.05, 3.63) is 0 Å². The molecule has 0 aromatic rings. The molecule has 3 nitrogen and oxygen atoms in total. The Morgan fingerprint density at radius 3 is 2.75 bits per heavy atom. The molecule has 0 radical (unpaired) electrons. The van der Waals surface area contributed by atoms with Gasteiger partial charge in [0.05, 0.1) is 19.2 Å². The minimum absolute atomic E-state index is 0.336. The zero-order valence-electron chi connectivity index (χ0n) is 10.2. The summed E-state index contributed by atoms with van der Waals surface area (Å²) in [7, 11) is 0. The van der Waals surface area contributed by atoms with Crippen molar-refractivity contribution in [1.29, 1.82) is 0 Å². The topological polar surface area (TPSA) is 15.7 Å². The molecule has 0 aromatic carbocycles. The van der Waals surface area contributed by atoms with Crippen LogP contribution in [0.1, 0.15) is 32.6 Å². The summed E-state index contributed by atoms with van der Waals surface area (Å²) in [6.45, 7) is 7.23. The minimum Gasteiger partial charge on any atom is -0.298 e. The van der Waals surface area contributed by atoms with Crippen LogP contribution in [-0.2, 0) is 4.84 Å². The van der Waals surface area contributed by atoms with E-state index >= 15 is 0 Å². The largest absolute Gasteiger partial charge is 0.298 e. The van der Waals surface area contributed by atoms with E-state index in [2.05, 4.69) is 21.8 Å². The lowest BCUT2D eigenvalue weighted by molar-refractivity contribution is -0.152. The molecule has 90 valence electrons. The summed E-state index contributed by atoms with van der Waals surface area (Å²) in [6, 6.07) is 0.336. The fourth-order valence-electron chi connectivity index (χ4n) is 2.42. The van der Waals surface area contributed by atoms with Crippen LogP contribution in [-0.4, -0.2) is 48.8 Å². The van der Waals surface area contributed by atoms with Gasteiger partial charge in [-0.25, -0.2) is 0 Å². The molecule has 2 saturated heterocycles. The quantitative estimate of drug-likeness (QED) is 0.673. The molecular formula is C13H22N2O. The van der Waals surface area contributed by atoms with Gasteiger partial charge in [0.25, 0.3) is 0 Å². The van der Waals surface area contributed by atoms with Crippen molar-refractivity contribution in [2.24, 2.45) is 0 Å². The molecule has 1 atom stereocenters. The first-order valence-corrected chi connectivity index (χ1v) is 6.50. The predicted octanol–water partition coefficient (Wildman–Crippen LogP) is 1.50. The Morgan fingerprint density at radius 1 is 1.19 bits per heavy atom.